The average molecular weight is 260 g/mol. The van der Waals surface area contributed by atoms with E-state index in [0.717, 1.165) is 31.3 Å². The molecule has 0 aromatic heterocycles. The SMILES string of the molecule is CCCC1=C(CCC)C(Sc2ccccc2)C1=O. The summed E-state index contributed by atoms with van der Waals surface area (Å²) in [6, 6.07) is 10.2. The molecule has 0 heterocycles. The molecule has 1 aromatic carbocycles. The molecule has 0 saturated heterocycles. The van der Waals surface area contributed by atoms with Crippen molar-refractivity contribution in [2.24, 2.45) is 0 Å². The van der Waals surface area contributed by atoms with Crippen molar-refractivity contribution in [2.45, 2.75) is 49.7 Å². The van der Waals surface area contributed by atoms with Crippen LogP contribution in [0.3, 0.4) is 0 Å². The number of carbonyl (C=O) groups excluding carboxylic acids is 1. The van der Waals surface area contributed by atoms with E-state index in [9.17, 15) is 4.79 Å². The smallest absolute Gasteiger partial charge is 0.176 e. The zero-order chi connectivity index (χ0) is 13.0. The van der Waals surface area contributed by atoms with Crippen molar-refractivity contribution >= 4 is 17.5 Å². The van der Waals surface area contributed by atoms with Crippen molar-refractivity contribution in [1.29, 1.82) is 0 Å². The molecule has 2 rings (SSSR count). The van der Waals surface area contributed by atoms with Gasteiger partial charge < -0.3 is 0 Å². The molecule has 0 amide bonds. The van der Waals surface area contributed by atoms with Crippen LogP contribution in [0.5, 0.6) is 0 Å². The fourth-order valence-electron chi connectivity index (χ4n) is 2.40. The highest BCUT2D eigenvalue weighted by Gasteiger charge is 2.37. The normalized spacial score (nSPS) is 19.0. The van der Waals surface area contributed by atoms with Gasteiger partial charge in [0.25, 0.3) is 0 Å². The minimum atomic E-state index is 0.0916. The summed E-state index contributed by atoms with van der Waals surface area (Å²) in [7, 11) is 0. The van der Waals surface area contributed by atoms with Crippen molar-refractivity contribution < 1.29 is 4.79 Å². The zero-order valence-electron chi connectivity index (χ0n) is 11.1. The fourth-order valence-corrected chi connectivity index (χ4v) is 3.64. The molecule has 0 saturated carbocycles. The largest absolute Gasteiger partial charge is 0.293 e. The highest BCUT2D eigenvalue weighted by atomic mass is 32.2. The van der Waals surface area contributed by atoms with Crippen LogP contribution < -0.4 is 0 Å². The maximum Gasteiger partial charge on any atom is 0.176 e. The maximum absolute atomic E-state index is 12.2. The Balaban J connectivity index is 2.12. The number of carbonyl (C=O) groups is 1. The summed E-state index contributed by atoms with van der Waals surface area (Å²) in [6.45, 7) is 4.32. The van der Waals surface area contributed by atoms with Gasteiger partial charge in [0.2, 0.25) is 0 Å². The number of rotatable bonds is 6. The molecule has 0 radical (unpaired) electrons. The topological polar surface area (TPSA) is 17.1 Å². The lowest BCUT2D eigenvalue weighted by molar-refractivity contribution is -0.116. The molecule has 1 unspecified atom stereocenters. The van der Waals surface area contributed by atoms with E-state index >= 15 is 0 Å². The van der Waals surface area contributed by atoms with Crippen LogP contribution in [-0.2, 0) is 4.79 Å². The number of benzene rings is 1. The predicted molar refractivity (Wildman–Crippen MR) is 77.9 cm³/mol. The van der Waals surface area contributed by atoms with Crippen molar-refractivity contribution in [3.8, 4) is 0 Å². The van der Waals surface area contributed by atoms with Gasteiger partial charge in [-0.2, -0.15) is 0 Å². The Hall–Kier alpha value is -1.02. The number of Topliss-reactive ketones (excluding diaryl/α,β-unsaturated/α-hetero) is 1. The molecule has 0 N–H and O–H groups in total. The van der Waals surface area contributed by atoms with Gasteiger partial charge in [-0.3, -0.25) is 4.79 Å². The second-order valence-corrected chi connectivity index (χ2v) is 5.86. The quantitative estimate of drug-likeness (QED) is 0.742. The van der Waals surface area contributed by atoms with Gasteiger partial charge in [0, 0.05) is 4.90 Å². The van der Waals surface area contributed by atoms with Gasteiger partial charge in [0.15, 0.2) is 5.78 Å². The summed E-state index contributed by atoms with van der Waals surface area (Å²) in [5.41, 5.74) is 2.52. The minimum absolute atomic E-state index is 0.0916. The Bertz CT molecular complexity index is 447. The van der Waals surface area contributed by atoms with Gasteiger partial charge in [-0.1, -0.05) is 44.9 Å². The van der Waals surface area contributed by atoms with E-state index in [1.54, 1.807) is 11.8 Å². The third-order valence-electron chi connectivity index (χ3n) is 3.26. The summed E-state index contributed by atoms with van der Waals surface area (Å²) in [5.74, 6) is 0.370. The Morgan fingerprint density at radius 1 is 1.06 bits per heavy atom. The fraction of sp³-hybridized carbons (Fsp3) is 0.438. The average Bonchev–Trinajstić information content (AvgIpc) is 2.42. The standard InChI is InChI=1S/C16H20OS/c1-3-8-13-14(9-4-2)16(15(13)17)18-12-10-6-5-7-11-12/h5-7,10-11,16H,3-4,8-9H2,1-2H3. The first-order valence-electron chi connectivity index (χ1n) is 6.75. The molecule has 1 nitrogen and oxygen atoms in total. The van der Waals surface area contributed by atoms with Crippen LogP contribution in [0.15, 0.2) is 46.4 Å². The summed E-state index contributed by atoms with van der Waals surface area (Å²) in [4.78, 5) is 13.4. The molecule has 96 valence electrons. The molecule has 1 atom stereocenters. The van der Waals surface area contributed by atoms with Gasteiger partial charge in [-0.15, -0.1) is 11.8 Å². The van der Waals surface area contributed by atoms with E-state index in [-0.39, 0.29) is 5.25 Å². The Labute approximate surface area is 114 Å². The van der Waals surface area contributed by atoms with Crippen LogP contribution >= 0.6 is 11.8 Å². The van der Waals surface area contributed by atoms with Crippen LogP contribution in [0, 0.1) is 0 Å². The number of hydrogen-bond acceptors (Lipinski definition) is 2. The predicted octanol–water partition coefficient (Wildman–Crippen LogP) is 4.63. The lowest BCUT2D eigenvalue weighted by atomic mass is 9.81. The number of allylic oxidation sites excluding steroid dienone is 1. The second kappa shape index (κ2) is 6.24. The molecule has 1 aromatic rings. The molecule has 1 aliphatic rings. The van der Waals surface area contributed by atoms with Crippen LogP contribution in [0.4, 0.5) is 0 Å². The third kappa shape index (κ3) is 2.69. The number of thioether (sulfide) groups is 1. The van der Waals surface area contributed by atoms with Crippen LogP contribution in [-0.4, -0.2) is 11.0 Å². The molecule has 0 spiro atoms. The van der Waals surface area contributed by atoms with Crippen molar-refractivity contribution in [2.75, 3.05) is 0 Å². The molecule has 18 heavy (non-hydrogen) atoms. The maximum atomic E-state index is 12.2. The van der Waals surface area contributed by atoms with E-state index in [1.165, 1.54) is 10.5 Å². The monoisotopic (exact) mass is 260 g/mol. The lowest BCUT2D eigenvalue weighted by Crippen LogP contribution is -2.34. The first-order chi connectivity index (χ1) is 8.77. The van der Waals surface area contributed by atoms with Gasteiger partial charge in [0.1, 0.15) is 0 Å². The molecule has 1 aliphatic carbocycles. The van der Waals surface area contributed by atoms with Crippen LogP contribution in [0.25, 0.3) is 0 Å². The van der Waals surface area contributed by atoms with Crippen molar-refractivity contribution in [1.82, 2.24) is 0 Å². The van der Waals surface area contributed by atoms with Gasteiger partial charge >= 0.3 is 0 Å². The van der Waals surface area contributed by atoms with Crippen LogP contribution in [0.2, 0.25) is 0 Å². The van der Waals surface area contributed by atoms with Gasteiger partial charge in [-0.05, 0) is 36.1 Å². The van der Waals surface area contributed by atoms with E-state index in [2.05, 4.69) is 26.0 Å². The van der Waals surface area contributed by atoms with E-state index in [1.807, 2.05) is 18.2 Å². The summed E-state index contributed by atoms with van der Waals surface area (Å²) < 4.78 is 0. The van der Waals surface area contributed by atoms with E-state index in [4.69, 9.17) is 0 Å². The first kappa shape index (κ1) is 13.4. The summed E-state index contributed by atoms with van der Waals surface area (Å²) in [5, 5.41) is 0.0916. The molecule has 0 fully saturated rings. The van der Waals surface area contributed by atoms with Crippen molar-refractivity contribution in [3.05, 3.63) is 41.5 Å². The Kier molecular flexibility index (Phi) is 4.65. The molecular weight excluding hydrogens is 240 g/mol. The lowest BCUT2D eigenvalue weighted by Gasteiger charge is -2.31. The van der Waals surface area contributed by atoms with Crippen LogP contribution in [0.1, 0.15) is 39.5 Å². The third-order valence-corrected chi connectivity index (χ3v) is 4.53. The Morgan fingerprint density at radius 2 is 1.72 bits per heavy atom. The van der Waals surface area contributed by atoms with E-state index < -0.39 is 0 Å². The molecular formula is C16H20OS. The first-order valence-corrected chi connectivity index (χ1v) is 7.63. The molecule has 0 aliphatic heterocycles. The zero-order valence-corrected chi connectivity index (χ0v) is 11.9. The number of ketones is 1. The highest BCUT2D eigenvalue weighted by Crippen LogP contribution is 2.42. The molecule has 2 heteroatoms. The van der Waals surface area contributed by atoms with Gasteiger partial charge in [0.05, 0.1) is 5.25 Å². The summed E-state index contributed by atoms with van der Waals surface area (Å²) >= 11 is 1.71. The minimum Gasteiger partial charge on any atom is -0.293 e. The van der Waals surface area contributed by atoms with Gasteiger partial charge in [-0.25, -0.2) is 0 Å². The highest BCUT2D eigenvalue weighted by molar-refractivity contribution is 8.01. The van der Waals surface area contributed by atoms with Crippen molar-refractivity contribution in [3.63, 3.8) is 0 Å². The summed E-state index contributed by atoms with van der Waals surface area (Å²) in [6.07, 6.45) is 4.23. The molecule has 0 bridgehead atoms. The second-order valence-electron chi connectivity index (χ2n) is 4.68. The Morgan fingerprint density at radius 3 is 2.33 bits per heavy atom. The number of hydrogen-bond donors (Lipinski definition) is 0. The van der Waals surface area contributed by atoms with E-state index in [0.29, 0.717) is 5.78 Å².